The number of halogens is 3. The number of carbonyl (C=O) groups is 1. The van der Waals surface area contributed by atoms with Crippen molar-refractivity contribution >= 4 is 5.97 Å². The Balaban J connectivity index is 3.25. The molecular formula is C14H14F3NO3. The lowest BCUT2D eigenvalue weighted by Crippen LogP contribution is -2.19. The van der Waals surface area contributed by atoms with E-state index in [1.54, 1.807) is 19.9 Å². The number of ether oxygens (including phenoxy) is 2. The summed E-state index contributed by atoms with van der Waals surface area (Å²) >= 11 is 0. The third-order valence-corrected chi connectivity index (χ3v) is 2.63. The Morgan fingerprint density at radius 3 is 2.48 bits per heavy atom. The number of hydrogen-bond acceptors (Lipinski definition) is 4. The quantitative estimate of drug-likeness (QED) is 0.784. The van der Waals surface area contributed by atoms with Gasteiger partial charge in [-0.3, -0.25) is 4.79 Å². The molecule has 0 aliphatic carbocycles. The summed E-state index contributed by atoms with van der Waals surface area (Å²) in [6, 6.07) is 4.32. The van der Waals surface area contributed by atoms with Gasteiger partial charge >= 0.3 is 12.3 Å². The van der Waals surface area contributed by atoms with Crippen molar-refractivity contribution in [3.63, 3.8) is 0 Å². The second-order valence-electron chi connectivity index (χ2n) is 4.12. The van der Waals surface area contributed by atoms with Crippen molar-refractivity contribution in [2.75, 3.05) is 6.61 Å². The number of nitrogens with zero attached hydrogens (tertiary/aromatic N) is 1. The van der Waals surface area contributed by atoms with Crippen LogP contribution < -0.4 is 4.74 Å². The molecule has 21 heavy (non-hydrogen) atoms. The first-order chi connectivity index (χ1) is 9.80. The third kappa shape index (κ3) is 4.99. The van der Waals surface area contributed by atoms with Gasteiger partial charge in [-0.25, -0.2) is 0 Å². The first-order valence-corrected chi connectivity index (χ1v) is 6.28. The van der Waals surface area contributed by atoms with Gasteiger partial charge in [-0.15, -0.1) is 13.2 Å². The summed E-state index contributed by atoms with van der Waals surface area (Å²) in [5.41, 5.74) is 0.389. The number of benzene rings is 1. The van der Waals surface area contributed by atoms with Crippen LogP contribution in [0.15, 0.2) is 12.1 Å². The molecule has 4 nitrogen and oxygen atoms in total. The van der Waals surface area contributed by atoms with E-state index >= 15 is 0 Å². The molecule has 1 aromatic rings. The molecule has 1 rings (SSSR count). The first kappa shape index (κ1) is 16.8. The molecular weight excluding hydrogens is 287 g/mol. The second kappa shape index (κ2) is 6.97. The van der Waals surface area contributed by atoms with E-state index in [-0.39, 0.29) is 24.2 Å². The van der Waals surface area contributed by atoms with Gasteiger partial charge in [0, 0.05) is 0 Å². The zero-order valence-electron chi connectivity index (χ0n) is 11.6. The molecule has 0 heterocycles. The van der Waals surface area contributed by atoms with Crippen molar-refractivity contribution in [3.05, 3.63) is 28.8 Å². The van der Waals surface area contributed by atoms with Gasteiger partial charge < -0.3 is 9.47 Å². The van der Waals surface area contributed by atoms with Crippen LogP contribution in [0.3, 0.4) is 0 Å². The van der Waals surface area contributed by atoms with E-state index in [0.29, 0.717) is 12.0 Å². The summed E-state index contributed by atoms with van der Waals surface area (Å²) in [5, 5.41) is 9.05. The van der Waals surface area contributed by atoms with Gasteiger partial charge in [0.05, 0.1) is 18.6 Å². The van der Waals surface area contributed by atoms with E-state index in [4.69, 9.17) is 10.00 Å². The zero-order chi connectivity index (χ0) is 16.0. The monoisotopic (exact) mass is 301 g/mol. The molecule has 0 spiro atoms. The van der Waals surface area contributed by atoms with Crippen LogP contribution in [0, 0.1) is 11.3 Å². The topological polar surface area (TPSA) is 59.3 Å². The molecule has 0 amide bonds. The number of rotatable bonds is 5. The van der Waals surface area contributed by atoms with Crippen LogP contribution in [-0.4, -0.2) is 18.9 Å². The van der Waals surface area contributed by atoms with Crippen LogP contribution in [0.2, 0.25) is 0 Å². The molecule has 114 valence electrons. The highest BCUT2D eigenvalue weighted by Crippen LogP contribution is 2.30. The van der Waals surface area contributed by atoms with Crippen molar-refractivity contribution in [2.24, 2.45) is 0 Å². The highest BCUT2D eigenvalue weighted by Gasteiger charge is 2.33. The number of nitriles is 1. The number of esters is 1. The van der Waals surface area contributed by atoms with Crippen LogP contribution in [0.25, 0.3) is 0 Å². The lowest BCUT2D eigenvalue weighted by atomic mass is 9.99. The molecule has 0 fully saturated rings. The Morgan fingerprint density at radius 1 is 1.33 bits per heavy atom. The van der Waals surface area contributed by atoms with Crippen molar-refractivity contribution in [1.82, 2.24) is 0 Å². The summed E-state index contributed by atoms with van der Waals surface area (Å²) in [7, 11) is 0. The Labute approximate surface area is 120 Å². The van der Waals surface area contributed by atoms with Crippen LogP contribution >= 0.6 is 0 Å². The molecule has 0 atom stereocenters. The Kier molecular flexibility index (Phi) is 5.59. The average Bonchev–Trinajstić information content (AvgIpc) is 2.36. The van der Waals surface area contributed by atoms with E-state index < -0.39 is 18.1 Å². The molecule has 0 bridgehead atoms. The molecule has 0 radical (unpaired) electrons. The van der Waals surface area contributed by atoms with Gasteiger partial charge in [0.1, 0.15) is 11.8 Å². The number of aryl methyl sites for hydroxylation is 1. The molecule has 0 aliphatic rings. The van der Waals surface area contributed by atoms with Crippen molar-refractivity contribution < 1.29 is 27.4 Å². The Hall–Kier alpha value is -2.23. The predicted molar refractivity (Wildman–Crippen MR) is 67.6 cm³/mol. The molecule has 0 aliphatic heterocycles. The van der Waals surface area contributed by atoms with Crippen LogP contribution in [0.5, 0.6) is 5.75 Å². The van der Waals surface area contributed by atoms with Gasteiger partial charge in [0.2, 0.25) is 0 Å². The second-order valence-corrected chi connectivity index (χ2v) is 4.12. The SMILES string of the molecule is CCOC(=O)Cc1cc(CC)cc(OC(F)(F)F)c1C#N. The largest absolute Gasteiger partial charge is 0.573 e. The average molecular weight is 301 g/mol. The van der Waals surface area contributed by atoms with Gasteiger partial charge in [-0.05, 0) is 30.5 Å². The number of alkyl halides is 3. The lowest BCUT2D eigenvalue weighted by molar-refractivity contribution is -0.274. The minimum absolute atomic E-state index is 0.153. The molecule has 0 unspecified atom stereocenters. The third-order valence-electron chi connectivity index (χ3n) is 2.63. The summed E-state index contributed by atoms with van der Waals surface area (Å²) in [6.45, 7) is 3.51. The molecule has 1 aromatic carbocycles. The molecule has 0 saturated heterocycles. The fraction of sp³-hybridized carbons (Fsp3) is 0.429. The van der Waals surface area contributed by atoms with Crippen LogP contribution in [-0.2, 0) is 22.4 Å². The fourth-order valence-corrected chi connectivity index (χ4v) is 1.78. The minimum atomic E-state index is -4.90. The molecule has 0 N–H and O–H groups in total. The Bertz CT molecular complexity index is 562. The predicted octanol–water partition coefficient (Wildman–Crippen LogP) is 3.12. The van der Waals surface area contributed by atoms with Gasteiger partial charge in [0.25, 0.3) is 0 Å². The smallest absolute Gasteiger partial charge is 0.466 e. The highest BCUT2D eigenvalue weighted by molar-refractivity contribution is 5.74. The van der Waals surface area contributed by atoms with Crippen LogP contribution in [0.4, 0.5) is 13.2 Å². The van der Waals surface area contributed by atoms with E-state index in [9.17, 15) is 18.0 Å². The number of hydrogen-bond donors (Lipinski definition) is 0. The van der Waals surface area contributed by atoms with E-state index in [2.05, 4.69) is 4.74 Å². The maximum absolute atomic E-state index is 12.4. The van der Waals surface area contributed by atoms with Crippen molar-refractivity contribution in [2.45, 2.75) is 33.1 Å². The fourth-order valence-electron chi connectivity index (χ4n) is 1.78. The number of carbonyl (C=O) groups excluding carboxylic acids is 1. The molecule has 7 heteroatoms. The van der Waals surface area contributed by atoms with Gasteiger partial charge in [-0.2, -0.15) is 5.26 Å². The first-order valence-electron chi connectivity index (χ1n) is 6.28. The van der Waals surface area contributed by atoms with E-state index in [1.807, 2.05) is 0 Å². The van der Waals surface area contributed by atoms with Crippen molar-refractivity contribution in [1.29, 1.82) is 5.26 Å². The standard InChI is InChI=1S/C14H14F3NO3/c1-3-9-5-10(7-13(19)20-4-2)11(8-18)12(6-9)21-14(15,16)17/h5-6H,3-4,7H2,1-2H3. The van der Waals surface area contributed by atoms with E-state index in [1.165, 1.54) is 6.07 Å². The summed E-state index contributed by atoms with van der Waals surface area (Å²) in [6.07, 6.45) is -4.74. The molecule has 0 aromatic heterocycles. The zero-order valence-corrected chi connectivity index (χ0v) is 11.6. The van der Waals surface area contributed by atoms with Crippen molar-refractivity contribution in [3.8, 4) is 11.8 Å². The summed E-state index contributed by atoms with van der Waals surface area (Å²) in [5.74, 6) is -1.20. The molecule has 0 saturated carbocycles. The Morgan fingerprint density at radius 2 is 2.00 bits per heavy atom. The summed E-state index contributed by atoms with van der Waals surface area (Å²) < 4.78 is 45.8. The minimum Gasteiger partial charge on any atom is -0.466 e. The van der Waals surface area contributed by atoms with Gasteiger partial charge in [-0.1, -0.05) is 13.0 Å². The highest BCUT2D eigenvalue weighted by atomic mass is 19.4. The normalized spacial score (nSPS) is 10.9. The summed E-state index contributed by atoms with van der Waals surface area (Å²) in [4.78, 5) is 11.5. The maximum atomic E-state index is 12.4. The van der Waals surface area contributed by atoms with Crippen LogP contribution in [0.1, 0.15) is 30.5 Å². The lowest BCUT2D eigenvalue weighted by Gasteiger charge is -2.14. The van der Waals surface area contributed by atoms with Gasteiger partial charge in [0.15, 0.2) is 0 Å². The maximum Gasteiger partial charge on any atom is 0.573 e. The van der Waals surface area contributed by atoms with E-state index in [0.717, 1.165) is 6.07 Å².